The number of likely N-dealkylation sites (tertiary alicyclic amines) is 1. The Morgan fingerprint density at radius 2 is 1.76 bits per heavy atom. The average molecular weight is 394 g/mol. The summed E-state index contributed by atoms with van der Waals surface area (Å²) in [5.74, 6) is -1.30. The van der Waals surface area contributed by atoms with Crippen LogP contribution in [0.5, 0.6) is 5.75 Å². The van der Waals surface area contributed by atoms with Gasteiger partial charge < -0.3 is 20.1 Å². The molecule has 1 saturated heterocycles. The third-order valence-electron chi connectivity index (χ3n) is 4.75. The summed E-state index contributed by atoms with van der Waals surface area (Å²) < 4.78 is 5.18. The fourth-order valence-electron chi connectivity index (χ4n) is 3.35. The molecule has 1 fully saturated rings. The molecule has 2 amide bonds. The maximum atomic E-state index is 12.8. The van der Waals surface area contributed by atoms with Crippen LogP contribution in [0.25, 0.3) is 5.76 Å². The minimum Gasteiger partial charge on any atom is -0.507 e. The highest BCUT2D eigenvalue weighted by Crippen LogP contribution is 2.39. The molecule has 2 aromatic carbocycles. The van der Waals surface area contributed by atoms with Gasteiger partial charge in [0, 0.05) is 25.6 Å². The standard InChI is InChI=1S/C22H22N2O5/c1-14(25)23-12-13-24-19(15-8-10-17(29-2)11-9-15)18(21(27)22(24)28)20(26)16-6-4-3-5-7-16/h3-11,19,26H,12-13H2,1-2H3,(H,23,25)/t19-/m1/s1. The van der Waals surface area contributed by atoms with Gasteiger partial charge in [-0.05, 0) is 17.7 Å². The van der Waals surface area contributed by atoms with Crippen molar-refractivity contribution in [2.45, 2.75) is 13.0 Å². The summed E-state index contributed by atoms with van der Waals surface area (Å²) in [7, 11) is 1.55. The molecule has 1 heterocycles. The number of ketones is 1. The van der Waals surface area contributed by atoms with Gasteiger partial charge in [0.05, 0.1) is 18.7 Å². The van der Waals surface area contributed by atoms with Gasteiger partial charge in [0.2, 0.25) is 5.91 Å². The Hall–Kier alpha value is -3.61. The van der Waals surface area contributed by atoms with Gasteiger partial charge in [-0.25, -0.2) is 0 Å². The van der Waals surface area contributed by atoms with Gasteiger partial charge in [-0.3, -0.25) is 14.4 Å². The fourth-order valence-corrected chi connectivity index (χ4v) is 3.35. The number of ether oxygens (including phenoxy) is 1. The molecule has 0 saturated carbocycles. The maximum absolute atomic E-state index is 12.8. The van der Waals surface area contributed by atoms with Crippen molar-refractivity contribution in [3.8, 4) is 5.75 Å². The molecule has 1 aliphatic heterocycles. The summed E-state index contributed by atoms with van der Waals surface area (Å²) in [6.07, 6.45) is 0. The molecule has 3 rings (SSSR count). The number of rotatable bonds is 6. The van der Waals surface area contributed by atoms with Crippen molar-refractivity contribution in [1.82, 2.24) is 10.2 Å². The Labute approximate surface area is 168 Å². The van der Waals surface area contributed by atoms with Crippen molar-refractivity contribution in [2.24, 2.45) is 0 Å². The Morgan fingerprint density at radius 1 is 1.10 bits per heavy atom. The van der Waals surface area contributed by atoms with Gasteiger partial charge in [-0.15, -0.1) is 0 Å². The van der Waals surface area contributed by atoms with E-state index in [0.29, 0.717) is 16.9 Å². The number of aliphatic hydroxyl groups excluding tert-OH is 1. The second-order valence-corrected chi connectivity index (χ2v) is 6.61. The first-order valence-electron chi connectivity index (χ1n) is 9.16. The normalized spacial score (nSPS) is 18.0. The van der Waals surface area contributed by atoms with E-state index in [1.165, 1.54) is 11.8 Å². The lowest BCUT2D eigenvalue weighted by Gasteiger charge is -2.25. The zero-order chi connectivity index (χ0) is 21.0. The van der Waals surface area contributed by atoms with Crippen LogP contribution in [0.4, 0.5) is 0 Å². The SMILES string of the molecule is COc1ccc([C@@H]2C(=C(O)c3ccccc3)C(=O)C(=O)N2CCNC(C)=O)cc1. The van der Waals surface area contributed by atoms with E-state index in [2.05, 4.69) is 5.32 Å². The summed E-state index contributed by atoms with van der Waals surface area (Å²) >= 11 is 0. The highest BCUT2D eigenvalue weighted by atomic mass is 16.5. The highest BCUT2D eigenvalue weighted by Gasteiger charge is 2.45. The van der Waals surface area contributed by atoms with Crippen molar-refractivity contribution in [2.75, 3.05) is 20.2 Å². The molecule has 29 heavy (non-hydrogen) atoms. The topological polar surface area (TPSA) is 95.9 Å². The average Bonchev–Trinajstić information content (AvgIpc) is 2.98. The summed E-state index contributed by atoms with van der Waals surface area (Å²) in [5.41, 5.74) is 1.13. The second kappa shape index (κ2) is 8.60. The van der Waals surface area contributed by atoms with Crippen LogP contribution in [0.2, 0.25) is 0 Å². The van der Waals surface area contributed by atoms with Crippen LogP contribution < -0.4 is 10.1 Å². The van der Waals surface area contributed by atoms with Crippen LogP contribution in [0.3, 0.4) is 0 Å². The molecule has 0 unspecified atom stereocenters. The molecule has 1 aliphatic rings. The smallest absolute Gasteiger partial charge is 0.295 e. The van der Waals surface area contributed by atoms with E-state index in [-0.39, 0.29) is 30.3 Å². The number of amides is 2. The number of methoxy groups -OCH3 is 1. The summed E-state index contributed by atoms with van der Waals surface area (Å²) in [4.78, 5) is 38.1. The molecular weight excluding hydrogens is 372 g/mol. The monoisotopic (exact) mass is 394 g/mol. The minimum atomic E-state index is -0.769. The van der Waals surface area contributed by atoms with Crippen molar-refractivity contribution in [1.29, 1.82) is 0 Å². The molecule has 7 heteroatoms. The van der Waals surface area contributed by atoms with Gasteiger partial charge in [-0.1, -0.05) is 42.5 Å². The lowest BCUT2D eigenvalue weighted by molar-refractivity contribution is -0.139. The molecule has 7 nitrogen and oxygen atoms in total. The van der Waals surface area contributed by atoms with E-state index in [0.717, 1.165) is 0 Å². The van der Waals surface area contributed by atoms with E-state index >= 15 is 0 Å². The van der Waals surface area contributed by atoms with E-state index < -0.39 is 17.7 Å². The summed E-state index contributed by atoms with van der Waals surface area (Å²) in [5, 5.41) is 13.5. The number of nitrogens with zero attached hydrogens (tertiary/aromatic N) is 1. The van der Waals surface area contributed by atoms with Gasteiger partial charge in [0.25, 0.3) is 11.7 Å². The zero-order valence-corrected chi connectivity index (χ0v) is 16.2. The van der Waals surface area contributed by atoms with Crippen LogP contribution in [0, 0.1) is 0 Å². The number of aliphatic hydroxyl groups is 1. The molecular formula is C22H22N2O5. The largest absolute Gasteiger partial charge is 0.507 e. The van der Waals surface area contributed by atoms with Crippen LogP contribution in [0.1, 0.15) is 24.1 Å². The van der Waals surface area contributed by atoms with Gasteiger partial charge in [-0.2, -0.15) is 0 Å². The summed E-state index contributed by atoms with van der Waals surface area (Å²) in [6.45, 7) is 1.71. The fraction of sp³-hybridized carbons (Fsp3) is 0.227. The second-order valence-electron chi connectivity index (χ2n) is 6.61. The first kappa shape index (κ1) is 20.1. The number of Topliss-reactive ketones (excluding diaryl/α,β-unsaturated/α-hetero) is 1. The number of carbonyl (C=O) groups is 3. The maximum Gasteiger partial charge on any atom is 0.295 e. The first-order chi connectivity index (χ1) is 13.9. The highest BCUT2D eigenvalue weighted by molar-refractivity contribution is 6.46. The third-order valence-corrected chi connectivity index (χ3v) is 4.75. The van der Waals surface area contributed by atoms with Crippen molar-refractivity contribution in [3.05, 3.63) is 71.3 Å². The van der Waals surface area contributed by atoms with Crippen LogP contribution in [0.15, 0.2) is 60.2 Å². The molecule has 0 aromatic heterocycles. The van der Waals surface area contributed by atoms with Crippen molar-refractivity contribution in [3.63, 3.8) is 0 Å². The number of benzene rings is 2. The molecule has 150 valence electrons. The lowest BCUT2D eigenvalue weighted by atomic mass is 9.95. The minimum absolute atomic E-state index is 0.0224. The van der Waals surface area contributed by atoms with Crippen LogP contribution >= 0.6 is 0 Å². The number of nitrogens with one attached hydrogen (secondary N) is 1. The number of hydrogen-bond acceptors (Lipinski definition) is 5. The molecule has 0 bridgehead atoms. The Kier molecular flexibility index (Phi) is 5.97. The van der Waals surface area contributed by atoms with Gasteiger partial charge in [0.15, 0.2) is 0 Å². The van der Waals surface area contributed by atoms with Crippen molar-refractivity contribution < 1.29 is 24.2 Å². The van der Waals surface area contributed by atoms with Crippen LogP contribution in [-0.4, -0.2) is 47.8 Å². The van der Waals surface area contributed by atoms with E-state index in [1.807, 2.05) is 0 Å². The Balaban J connectivity index is 2.07. The molecule has 2 N–H and O–H groups in total. The van der Waals surface area contributed by atoms with Gasteiger partial charge >= 0.3 is 0 Å². The zero-order valence-electron chi connectivity index (χ0n) is 16.2. The van der Waals surface area contributed by atoms with Crippen LogP contribution in [-0.2, 0) is 14.4 Å². The predicted molar refractivity (Wildman–Crippen MR) is 107 cm³/mol. The first-order valence-corrected chi connectivity index (χ1v) is 9.16. The Bertz CT molecular complexity index is 951. The number of hydrogen-bond donors (Lipinski definition) is 2. The molecule has 0 aliphatic carbocycles. The van der Waals surface area contributed by atoms with E-state index in [9.17, 15) is 19.5 Å². The molecule has 0 radical (unpaired) electrons. The molecule has 2 aromatic rings. The van der Waals surface area contributed by atoms with E-state index in [4.69, 9.17) is 4.74 Å². The molecule has 1 atom stereocenters. The van der Waals surface area contributed by atoms with E-state index in [1.54, 1.807) is 61.7 Å². The lowest BCUT2D eigenvalue weighted by Crippen LogP contribution is -2.37. The quantitative estimate of drug-likeness (QED) is 0.445. The summed E-state index contributed by atoms with van der Waals surface area (Å²) in [6, 6.07) is 14.8. The van der Waals surface area contributed by atoms with Gasteiger partial charge in [0.1, 0.15) is 11.5 Å². The number of carbonyl (C=O) groups excluding carboxylic acids is 3. The molecule has 0 spiro atoms. The third kappa shape index (κ3) is 4.13. The Morgan fingerprint density at radius 3 is 2.34 bits per heavy atom. The predicted octanol–water partition coefficient (Wildman–Crippen LogP) is 2.25. The van der Waals surface area contributed by atoms with Crippen molar-refractivity contribution >= 4 is 23.4 Å².